The molecule has 0 spiro atoms. The van der Waals surface area contributed by atoms with E-state index >= 15 is 0 Å². The van der Waals surface area contributed by atoms with Gasteiger partial charge in [-0.1, -0.05) is 38.8 Å². The van der Waals surface area contributed by atoms with Gasteiger partial charge in [0.2, 0.25) is 11.8 Å². The van der Waals surface area contributed by atoms with Crippen molar-refractivity contribution in [1.82, 2.24) is 0 Å². The van der Waals surface area contributed by atoms with Gasteiger partial charge in [0.05, 0.1) is 33.3 Å². The van der Waals surface area contributed by atoms with Gasteiger partial charge in [0.15, 0.2) is 23.0 Å². The van der Waals surface area contributed by atoms with Crippen molar-refractivity contribution >= 4 is 0 Å². The van der Waals surface area contributed by atoms with Gasteiger partial charge in [-0.25, -0.2) is 0 Å². The molecule has 2 aromatic carbocycles. The van der Waals surface area contributed by atoms with Crippen LogP contribution in [0.4, 0.5) is 0 Å². The largest absolute Gasteiger partial charge is 0.493 e. The summed E-state index contributed by atoms with van der Waals surface area (Å²) < 4.78 is 28.6. The fourth-order valence-corrected chi connectivity index (χ4v) is 5.43. The molecule has 3 rings (SSSR count). The maximum atomic E-state index is 12.6. The smallest absolute Gasteiger partial charge is 0.249 e. The van der Waals surface area contributed by atoms with E-state index in [2.05, 4.69) is 6.07 Å². The first-order chi connectivity index (χ1) is 18.8. The van der Waals surface area contributed by atoms with Crippen molar-refractivity contribution in [2.75, 3.05) is 27.9 Å². The highest BCUT2D eigenvalue weighted by Crippen LogP contribution is 2.44. The number of nitro groups is 1. The molecule has 0 fully saturated rings. The number of aliphatic hydroxyl groups excluding tert-OH is 1. The lowest BCUT2D eigenvalue weighted by atomic mass is 9.80. The van der Waals surface area contributed by atoms with Crippen LogP contribution >= 0.6 is 0 Å². The number of hydrogen-bond acceptors (Lipinski definition) is 9. The molecule has 1 aliphatic rings. The molecule has 0 amide bonds. The summed E-state index contributed by atoms with van der Waals surface area (Å²) >= 11 is 0. The third-order valence-corrected chi connectivity index (χ3v) is 7.57. The van der Waals surface area contributed by atoms with Crippen molar-refractivity contribution < 1.29 is 33.7 Å². The summed E-state index contributed by atoms with van der Waals surface area (Å²) in [5.41, 5.74) is 0.468. The van der Waals surface area contributed by atoms with E-state index in [1.165, 1.54) is 21.3 Å². The lowest BCUT2D eigenvalue weighted by Crippen LogP contribution is -2.48. The molecule has 39 heavy (non-hydrogen) atoms. The molecule has 0 bridgehead atoms. The van der Waals surface area contributed by atoms with E-state index in [-0.39, 0.29) is 24.9 Å². The first kappa shape index (κ1) is 29.8. The fourth-order valence-electron chi connectivity index (χ4n) is 5.43. The van der Waals surface area contributed by atoms with E-state index < -0.39 is 29.1 Å². The van der Waals surface area contributed by atoms with Crippen molar-refractivity contribution in [3.05, 3.63) is 52.1 Å². The van der Waals surface area contributed by atoms with Crippen molar-refractivity contribution in [3.63, 3.8) is 0 Å². The lowest BCUT2D eigenvalue weighted by Gasteiger charge is -2.35. The Morgan fingerprint density at radius 3 is 2.21 bits per heavy atom. The van der Waals surface area contributed by atoms with Crippen LogP contribution in [0.5, 0.6) is 28.7 Å². The Hall–Kier alpha value is -3.71. The Morgan fingerprint density at radius 1 is 1.08 bits per heavy atom. The van der Waals surface area contributed by atoms with Gasteiger partial charge in [-0.2, -0.15) is 5.26 Å². The van der Waals surface area contributed by atoms with Crippen LogP contribution < -0.4 is 23.7 Å². The molecule has 10 heteroatoms. The number of fused-ring (bicyclic) bond motifs is 1. The van der Waals surface area contributed by atoms with Crippen LogP contribution in [0.15, 0.2) is 36.4 Å². The van der Waals surface area contributed by atoms with E-state index in [0.29, 0.717) is 40.7 Å². The average molecular weight is 543 g/mol. The minimum Gasteiger partial charge on any atom is -0.493 e. The van der Waals surface area contributed by atoms with E-state index in [1.807, 2.05) is 19.9 Å². The second kappa shape index (κ2) is 13.9. The maximum Gasteiger partial charge on any atom is 0.249 e. The molecule has 1 N–H and O–H groups in total. The number of nitriles is 1. The van der Waals surface area contributed by atoms with Crippen LogP contribution in [0.2, 0.25) is 0 Å². The van der Waals surface area contributed by atoms with Gasteiger partial charge in [0.1, 0.15) is 18.8 Å². The number of hydrogen-bond donors (Lipinski definition) is 1. The van der Waals surface area contributed by atoms with Crippen molar-refractivity contribution in [2.45, 2.75) is 63.7 Å². The molecule has 5 atom stereocenters. The summed E-state index contributed by atoms with van der Waals surface area (Å²) in [4.78, 5) is 12.2. The Morgan fingerprint density at radius 2 is 1.69 bits per heavy atom. The molecular weight excluding hydrogens is 504 g/mol. The standard InChI is InChI=1S/C29H38N2O8/c1-6-18(7-2)19(16-30)12-13-21(32)28(31(33)34)27(26-17-38-22-10-8-9-11-23(22)39-26)20-14-24(35-3)29(37-5)25(15-20)36-4/h8-11,14-15,18-19,21,26-28,32H,6-7,12-13,17H2,1-5H3. The molecule has 5 unspecified atom stereocenters. The zero-order chi connectivity index (χ0) is 28.5. The summed E-state index contributed by atoms with van der Waals surface area (Å²) in [6, 6.07) is 11.3. The molecule has 1 aliphatic heterocycles. The topological polar surface area (TPSA) is 133 Å². The van der Waals surface area contributed by atoms with Crippen LogP contribution in [0, 0.1) is 33.3 Å². The SMILES string of the molecule is CCC(CC)C(C#N)CCC(O)C(C(c1cc(OC)c(OC)c(OC)c1)C1COc2ccccc2O1)[N+](=O)[O-]. The minimum atomic E-state index is -1.47. The quantitative estimate of drug-likeness (QED) is 0.259. The molecule has 0 aromatic heterocycles. The second-order valence-electron chi connectivity index (χ2n) is 9.63. The maximum absolute atomic E-state index is 12.6. The number of benzene rings is 2. The van der Waals surface area contributed by atoms with Gasteiger partial charge in [0.25, 0.3) is 0 Å². The molecule has 212 valence electrons. The first-order valence-corrected chi connectivity index (χ1v) is 13.2. The number of methoxy groups -OCH3 is 3. The number of nitrogens with zero attached hydrogens (tertiary/aromatic N) is 2. The summed E-state index contributed by atoms with van der Waals surface area (Å²) in [6.45, 7) is 4.07. The highest BCUT2D eigenvalue weighted by atomic mass is 16.6. The summed E-state index contributed by atoms with van der Waals surface area (Å²) in [5.74, 6) is 0.891. The first-order valence-electron chi connectivity index (χ1n) is 13.2. The Balaban J connectivity index is 2.06. The Bertz CT molecular complexity index is 1120. The number of ether oxygens (including phenoxy) is 5. The van der Waals surface area contributed by atoms with Gasteiger partial charge >= 0.3 is 0 Å². The lowest BCUT2D eigenvalue weighted by molar-refractivity contribution is -0.541. The van der Waals surface area contributed by atoms with E-state index in [9.17, 15) is 20.5 Å². The predicted octanol–water partition coefficient (Wildman–Crippen LogP) is 5.00. The van der Waals surface area contributed by atoms with E-state index in [4.69, 9.17) is 23.7 Å². The van der Waals surface area contributed by atoms with Gasteiger partial charge in [0, 0.05) is 10.8 Å². The summed E-state index contributed by atoms with van der Waals surface area (Å²) in [6.07, 6.45) is -0.0743. The van der Waals surface area contributed by atoms with Gasteiger partial charge in [-0.05, 0) is 48.6 Å². The molecule has 0 aliphatic carbocycles. The molecule has 2 aromatic rings. The van der Waals surface area contributed by atoms with Gasteiger partial charge < -0.3 is 28.8 Å². The molecule has 0 saturated carbocycles. The number of para-hydroxylation sites is 2. The normalized spacial score (nSPS) is 17.4. The highest BCUT2D eigenvalue weighted by molar-refractivity contribution is 5.55. The van der Waals surface area contributed by atoms with Crippen molar-refractivity contribution in [2.24, 2.45) is 11.8 Å². The average Bonchev–Trinajstić information content (AvgIpc) is 2.96. The predicted molar refractivity (Wildman–Crippen MR) is 144 cm³/mol. The van der Waals surface area contributed by atoms with Crippen LogP contribution in [0.25, 0.3) is 0 Å². The molecule has 10 nitrogen and oxygen atoms in total. The van der Waals surface area contributed by atoms with Crippen molar-refractivity contribution in [3.8, 4) is 34.8 Å². The minimum absolute atomic E-state index is 0.0317. The van der Waals surface area contributed by atoms with Crippen LogP contribution in [0.1, 0.15) is 51.0 Å². The van der Waals surface area contributed by atoms with Crippen LogP contribution in [-0.2, 0) is 0 Å². The highest BCUT2D eigenvalue weighted by Gasteiger charge is 2.47. The fraction of sp³-hybridized carbons (Fsp3) is 0.552. The molecular formula is C29H38N2O8. The number of rotatable bonds is 14. The molecule has 0 saturated heterocycles. The second-order valence-corrected chi connectivity index (χ2v) is 9.63. The third kappa shape index (κ3) is 6.66. The van der Waals surface area contributed by atoms with Crippen molar-refractivity contribution in [1.29, 1.82) is 5.26 Å². The Kier molecular flexibility index (Phi) is 10.6. The summed E-state index contributed by atoms with van der Waals surface area (Å²) in [7, 11) is 4.40. The molecule has 1 heterocycles. The summed E-state index contributed by atoms with van der Waals surface area (Å²) in [5, 5.41) is 33.7. The third-order valence-electron chi connectivity index (χ3n) is 7.57. The Labute approximate surface area is 229 Å². The zero-order valence-corrected chi connectivity index (χ0v) is 23.2. The van der Waals surface area contributed by atoms with Crippen LogP contribution in [-0.4, -0.2) is 56.2 Å². The van der Waals surface area contributed by atoms with Crippen LogP contribution in [0.3, 0.4) is 0 Å². The molecule has 0 radical (unpaired) electrons. The number of aliphatic hydroxyl groups is 1. The zero-order valence-electron chi connectivity index (χ0n) is 23.2. The van der Waals surface area contributed by atoms with Gasteiger partial charge in [-0.15, -0.1) is 0 Å². The monoisotopic (exact) mass is 542 g/mol. The van der Waals surface area contributed by atoms with E-state index in [1.54, 1.807) is 30.3 Å². The van der Waals surface area contributed by atoms with Gasteiger partial charge in [-0.3, -0.25) is 10.1 Å². The van der Waals surface area contributed by atoms with E-state index in [0.717, 1.165) is 12.8 Å².